The molecule has 0 spiro atoms. The number of nitrogens with zero attached hydrogens (tertiary/aromatic N) is 2. The fraction of sp³-hybridized carbons (Fsp3) is 0.176. The van der Waals surface area contributed by atoms with E-state index in [4.69, 9.17) is 0 Å². The number of carbonyl (C=O) groups is 1. The SMILES string of the molecule is O=C(NCc1nn(-c2ccc(C(F)(F)F)cc2)c2ccc(O)cc12)C(F)(F)F. The molecule has 148 valence electrons. The third-order valence-electron chi connectivity index (χ3n) is 3.85. The van der Waals surface area contributed by atoms with Crippen LogP contribution in [-0.2, 0) is 17.5 Å². The third kappa shape index (κ3) is 3.87. The maximum absolute atomic E-state index is 12.7. The molecular weight excluding hydrogens is 392 g/mol. The van der Waals surface area contributed by atoms with Crippen molar-refractivity contribution < 1.29 is 36.2 Å². The highest BCUT2D eigenvalue weighted by Gasteiger charge is 2.38. The number of fused-ring (bicyclic) bond motifs is 1. The van der Waals surface area contributed by atoms with Crippen LogP contribution in [0.1, 0.15) is 11.3 Å². The predicted octanol–water partition coefficient (Wildman–Crippen LogP) is 3.93. The number of hydrogen-bond donors (Lipinski definition) is 2. The number of phenolic OH excluding ortho intramolecular Hbond substituents is 1. The molecule has 0 aliphatic carbocycles. The van der Waals surface area contributed by atoms with Gasteiger partial charge in [0, 0.05) is 5.39 Å². The number of rotatable bonds is 3. The average Bonchev–Trinajstić information content (AvgIpc) is 2.96. The van der Waals surface area contributed by atoms with E-state index < -0.39 is 30.4 Å². The zero-order valence-electron chi connectivity index (χ0n) is 13.8. The molecule has 5 nitrogen and oxygen atoms in total. The molecule has 11 heteroatoms. The number of alkyl halides is 6. The molecular formula is C17H11F6N3O2. The number of benzene rings is 2. The Hall–Kier alpha value is -3.24. The minimum atomic E-state index is -5.08. The molecule has 0 aliphatic heterocycles. The number of nitrogens with one attached hydrogen (secondary N) is 1. The fourth-order valence-corrected chi connectivity index (χ4v) is 2.55. The van der Waals surface area contributed by atoms with Gasteiger partial charge in [-0.25, -0.2) is 4.68 Å². The molecule has 1 heterocycles. The summed E-state index contributed by atoms with van der Waals surface area (Å²) in [7, 11) is 0. The first-order valence-corrected chi connectivity index (χ1v) is 7.70. The Morgan fingerprint density at radius 1 is 1.04 bits per heavy atom. The van der Waals surface area contributed by atoms with Gasteiger partial charge in [-0.05, 0) is 42.5 Å². The van der Waals surface area contributed by atoms with Crippen molar-refractivity contribution in [3.63, 3.8) is 0 Å². The van der Waals surface area contributed by atoms with E-state index in [-0.39, 0.29) is 22.5 Å². The smallest absolute Gasteiger partial charge is 0.471 e. The Balaban J connectivity index is 2.01. The molecule has 0 saturated heterocycles. The molecule has 0 fully saturated rings. The van der Waals surface area contributed by atoms with Gasteiger partial charge in [0.25, 0.3) is 0 Å². The summed E-state index contributed by atoms with van der Waals surface area (Å²) in [6, 6.07) is 7.92. The van der Waals surface area contributed by atoms with E-state index in [9.17, 15) is 36.2 Å². The monoisotopic (exact) mass is 403 g/mol. The van der Waals surface area contributed by atoms with E-state index in [2.05, 4.69) is 5.10 Å². The van der Waals surface area contributed by atoms with Gasteiger partial charge < -0.3 is 10.4 Å². The van der Waals surface area contributed by atoms with Gasteiger partial charge in [0.05, 0.1) is 29.0 Å². The maximum Gasteiger partial charge on any atom is 0.471 e. The lowest BCUT2D eigenvalue weighted by atomic mass is 10.2. The predicted molar refractivity (Wildman–Crippen MR) is 85.6 cm³/mol. The fourth-order valence-electron chi connectivity index (χ4n) is 2.55. The Bertz CT molecular complexity index is 1020. The van der Waals surface area contributed by atoms with Gasteiger partial charge in [0.2, 0.25) is 0 Å². The molecule has 2 N–H and O–H groups in total. The molecule has 0 saturated carbocycles. The average molecular weight is 403 g/mol. The molecule has 0 bridgehead atoms. The van der Waals surface area contributed by atoms with Crippen molar-refractivity contribution in [3.8, 4) is 11.4 Å². The third-order valence-corrected chi connectivity index (χ3v) is 3.85. The van der Waals surface area contributed by atoms with Crippen LogP contribution in [0.3, 0.4) is 0 Å². The lowest BCUT2D eigenvalue weighted by Gasteiger charge is -2.08. The van der Waals surface area contributed by atoms with E-state index in [0.717, 1.165) is 24.3 Å². The summed E-state index contributed by atoms with van der Waals surface area (Å²) in [6.45, 7) is -0.591. The van der Waals surface area contributed by atoms with Crippen LogP contribution in [0.15, 0.2) is 42.5 Å². The van der Waals surface area contributed by atoms with Crippen LogP contribution >= 0.6 is 0 Å². The number of phenols is 1. The Morgan fingerprint density at radius 2 is 1.68 bits per heavy atom. The van der Waals surface area contributed by atoms with E-state index in [1.807, 2.05) is 0 Å². The lowest BCUT2D eigenvalue weighted by Crippen LogP contribution is -2.36. The number of aromatic hydroxyl groups is 1. The zero-order valence-corrected chi connectivity index (χ0v) is 13.8. The normalized spacial score (nSPS) is 12.4. The van der Waals surface area contributed by atoms with Crippen molar-refractivity contribution in [1.29, 1.82) is 0 Å². The highest BCUT2D eigenvalue weighted by molar-refractivity contribution is 5.86. The standard InChI is InChI=1S/C17H11F6N3O2/c18-16(19,20)9-1-3-10(4-2-9)26-14-6-5-11(27)7-12(14)13(25-26)8-24-15(28)17(21,22)23/h1-7,27H,8H2,(H,24,28). The van der Waals surface area contributed by atoms with Gasteiger partial charge >= 0.3 is 18.3 Å². The van der Waals surface area contributed by atoms with Crippen LogP contribution in [0.5, 0.6) is 5.75 Å². The van der Waals surface area contributed by atoms with Gasteiger partial charge in [-0.2, -0.15) is 31.4 Å². The molecule has 0 aliphatic rings. The van der Waals surface area contributed by atoms with Gasteiger partial charge in [0.1, 0.15) is 5.75 Å². The Morgan fingerprint density at radius 3 is 2.25 bits per heavy atom. The zero-order chi connectivity index (χ0) is 20.7. The molecule has 28 heavy (non-hydrogen) atoms. The summed E-state index contributed by atoms with van der Waals surface area (Å²) in [5.41, 5.74) is -0.322. The van der Waals surface area contributed by atoms with E-state index in [1.54, 1.807) is 5.32 Å². The van der Waals surface area contributed by atoms with Crippen LogP contribution in [0.4, 0.5) is 26.3 Å². The van der Waals surface area contributed by atoms with Crippen molar-refractivity contribution in [1.82, 2.24) is 15.1 Å². The molecule has 2 aromatic carbocycles. The van der Waals surface area contributed by atoms with Gasteiger partial charge in [-0.3, -0.25) is 4.79 Å². The maximum atomic E-state index is 12.7. The van der Waals surface area contributed by atoms with Gasteiger partial charge in [-0.15, -0.1) is 0 Å². The van der Waals surface area contributed by atoms with Crippen LogP contribution in [0.2, 0.25) is 0 Å². The van der Waals surface area contributed by atoms with E-state index in [0.29, 0.717) is 5.52 Å². The molecule has 1 aromatic heterocycles. The van der Waals surface area contributed by atoms with Crippen molar-refractivity contribution >= 4 is 16.8 Å². The Labute approximate surface area is 153 Å². The second-order valence-electron chi connectivity index (χ2n) is 5.79. The minimum Gasteiger partial charge on any atom is -0.508 e. The summed E-state index contributed by atoms with van der Waals surface area (Å²) >= 11 is 0. The van der Waals surface area contributed by atoms with Crippen LogP contribution < -0.4 is 5.32 Å². The van der Waals surface area contributed by atoms with Crippen LogP contribution in [-0.4, -0.2) is 27.0 Å². The molecule has 0 radical (unpaired) electrons. The number of hydrogen-bond acceptors (Lipinski definition) is 3. The minimum absolute atomic E-state index is 0.00315. The topological polar surface area (TPSA) is 67.2 Å². The first-order chi connectivity index (χ1) is 13.0. The Kier molecular flexibility index (Phi) is 4.69. The summed E-state index contributed by atoms with van der Waals surface area (Å²) in [6.07, 6.45) is -9.60. The number of aromatic nitrogens is 2. The van der Waals surface area contributed by atoms with Crippen molar-refractivity contribution in [2.75, 3.05) is 0 Å². The second-order valence-corrected chi connectivity index (χ2v) is 5.79. The molecule has 3 aromatic rings. The van der Waals surface area contributed by atoms with Crippen molar-refractivity contribution in [2.24, 2.45) is 0 Å². The first kappa shape index (κ1) is 19.5. The van der Waals surface area contributed by atoms with Crippen molar-refractivity contribution in [2.45, 2.75) is 18.9 Å². The quantitative estimate of drug-likeness (QED) is 0.652. The number of halogens is 6. The van der Waals surface area contributed by atoms with E-state index in [1.165, 1.54) is 22.9 Å². The lowest BCUT2D eigenvalue weighted by molar-refractivity contribution is -0.173. The highest BCUT2D eigenvalue weighted by Crippen LogP contribution is 2.31. The van der Waals surface area contributed by atoms with Crippen LogP contribution in [0, 0.1) is 0 Å². The molecule has 1 amide bonds. The summed E-state index contributed by atoms with van der Waals surface area (Å²) < 4.78 is 76.4. The van der Waals surface area contributed by atoms with Gasteiger partial charge in [0.15, 0.2) is 0 Å². The second kappa shape index (κ2) is 6.73. The van der Waals surface area contributed by atoms with Crippen molar-refractivity contribution in [3.05, 3.63) is 53.7 Å². The number of amides is 1. The summed E-state index contributed by atoms with van der Waals surface area (Å²) in [4.78, 5) is 11.0. The highest BCUT2D eigenvalue weighted by atomic mass is 19.4. The molecule has 0 unspecified atom stereocenters. The largest absolute Gasteiger partial charge is 0.508 e. The van der Waals surface area contributed by atoms with E-state index >= 15 is 0 Å². The number of carbonyl (C=O) groups excluding carboxylic acids is 1. The molecule has 3 rings (SSSR count). The summed E-state index contributed by atoms with van der Waals surface area (Å²) in [5.74, 6) is -2.35. The summed E-state index contributed by atoms with van der Waals surface area (Å²) in [5, 5.41) is 15.6. The van der Waals surface area contributed by atoms with Gasteiger partial charge in [-0.1, -0.05) is 0 Å². The van der Waals surface area contributed by atoms with Crippen LogP contribution in [0.25, 0.3) is 16.6 Å². The first-order valence-electron chi connectivity index (χ1n) is 7.70. The molecule has 0 atom stereocenters.